The molecule has 1 aromatic heterocycles. The molecule has 0 N–H and O–H groups in total. The Morgan fingerprint density at radius 2 is 1.78 bits per heavy atom. The van der Waals surface area contributed by atoms with Crippen molar-refractivity contribution in [2.24, 2.45) is 0 Å². The van der Waals surface area contributed by atoms with Crippen LogP contribution in [0.1, 0.15) is 20.8 Å². The molecule has 0 saturated heterocycles. The van der Waals surface area contributed by atoms with E-state index in [-0.39, 0.29) is 5.78 Å². The first-order valence-corrected chi connectivity index (χ1v) is 9.81. The standard InChI is InChI=1S/C18H14Cl2OS2/c1-11-15-8-14(20)6-7-17(15)23-18(11)16(21)10-22-9-12-2-4-13(19)5-3-12/h2-8H,9-10H2,1H3. The average molecular weight is 381 g/mol. The van der Waals surface area contributed by atoms with Gasteiger partial charge >= 0.3 is 0 Å². The van der Waals surface area contributed by atoms with E-state index in [2.05, 4.69) is 0 Å². The van der Waals surface area contributed by atoms with E-state index < -0.39 is 0 Å². The predicted octanol–water partition coefficient (Wildman–Crippen LogP) is 6.63. The molecule has 0 amide bonds. The van der Waals surface area contributed by atoms with Gasteiger partial charge in [-0.2, -0.15) is 0 Å². The molecule has 0 bridgehead atoms. The first-order chi connectivity index (χ1) is 11.0. The van der Waals surface area contributed by atoms with E-state index in [0.29, 0.717) is 10.8 Å². The van der Waals surface area contributed by atoms with Crippen molar-refractivity contribution >= 4 is 62.2 Å². The van der Waals surface area contributed by atoms with Crippen molar-refractivity contribution in [3.8, 4) is 0 Å². The SMILES string of the molecule is Cc1c(C(=O)CSCc2ccc(Cl)cc2)sc2ccc(Cl)cc12. The van der Waals surface area contributed by atoms with Crippen molar-refractivity contribution in [3.05, 3.63) is 68.5 Å². The second-order valence-electron chi connectivity index (χ2n) is 5.24. The molecule has 3 rings (SSSR count). The normalized spacial score (nSPS) is 11.1. The van der Waals surface area contributed by atoms with Gasteiger partial charge < -0.3 is 0 Å². The fourth-order valence-electron chi connectivity index (χ4n) is 2.37. The number of carbonyl (C=O) groups excluding carboxylic acids is 1. The van der Waals surface area contributed by atoms with Crippen LogP contribution in [0.4, 0.5) is 0 Å². The quantitative estimate of drug-likeness (QED) is 0.461. The van der Waals surface area contributed by atoms with Crippen LogP contribution in [0.3, 0.4) is 0 Å². The molecule has 3 aromatic rings. The second-order valence-corrected chi connectivity index (χ2v) is 8.15. The Balaban J connectivity index is 1.68. The number of thiophene rings is 1. The Kier molecular flexibility index (Phi) is 5.32. The van der Waals surface area contributed by atoms with Gasteiger partial charge in [-0.15, -0.1) is 23.1 Å². The summed E-state index contributed by atoms with van der Waals surface area (Å²) in [7, 11) is 0. The number of rotatable bonds is 5. The lowest BCUT2D eigenvalue weighted by atomic mass is 10.1. The molecule has 2 aromatic carbocycles. The number of Topliss-reactive ketones (excluding diaryl/α,β-unsaturated/α-hetero) is 1. The number of halogens is 2. The molecule has 5 heteroatoms. The van der Waals surface area contributed by atoms with Crippen LogP contribution in [0.25, 0.3) is 10.1 Å². The van der Waals surface area contributed by atoms with Gasteiger partial charge in [0.2, 0.25) is 0 Å². The molecule has 0 saturated carbocycles. The van der Waals surface area contributed by atoms with Gasteiger partial charge in [0.15, 0.2) is 5.78 Å². The minimum absolute atomic E-state index is 0.179. The van der Waals surface area contributed by atoms with Crippen molar-refractivity contribution < 1.29 is 4.79 Å². The molecular formula is C18H14Cl2OS2. The number of carbonyl (C=O) groups is 1. The van der Waals surface area contributed by atoms with Gasteiger partial charge in [-0.25, -0.2) is 0 Å². The number of hydrogen-bond donors (Lipinski definition) is 0. The van der Waals surface area contributed by atoms with Crippen LogP contribution in [-0.4, -0.2) is 11.5 Å². The molecule has 0 spiro atoms. The van der Waals surface area contributed by atoms with Crippen molar-refractivity contribution in [2.45, 2.75) is 12.7 Å². The zero-order valence-corrected chi connectivity index (χ0v) is 15.6. The fourth-order valence-corrected chi connectivity index (χ4v) is 4.74. The number of thioether (sulfide) groups is 1. The zero-order chi connectivity index (χ0) is 16.4. The zero-order valence-electron chi connectivity index (χ0n) is 12.4. The average Bonchev–Trinajstić information content (AvgIpc) is 2.86. The Hall–Kier alpha value is -1.00. The Morgan fingerprint density at radius 3 is 2.52 bits per heavy atom. The highest BCUT2D eigenvalue weighted by atomic mass is 35.5. The molecule has 1 nitrogen and oxygen atoms in total. The molecule has 0 radical (unpaired) electrons. The summed E-state index contributed by atoms with van der Waals surface area (Å²) in [5.74, 6) is 1.46. The van der Waals surface area contributed by atoms with Gasteiger partial charge in [0.25, 0.3) is 0 Å². The van der Waals surface area contributed by atoms with Gasteiger partial charge in [-0.05, 0) is 53.8 Å². The summed E-state index contributed by atoms with van der Waals surface area (Å²) < 4.78 is 1.11. The highest BCUT2D eigenvalue weighted by Gasteiger charge is 2.15. The lowest BCUT2D eigenvalue weighted by Crippen LogP contribution is -2.01. The third-order valence-corrected chi connectivity index (χ3v) is 6.37. The van der Waals surface area contributed by atoms with Crippen LogP contribution in [0.5, 0.6) is 0 Å². The van der Waals surface area contributed by atoms with Crippen molar-refractivity contribution in [3.63, 3.8) is 0 Å². The molecule has 0 aliphatic rings. The van der Waals surface area contributed by atoms with E-state index in [1.54, 1.807) is 23.1 Å². The summed E-state index contributed by atoms with van der Waals surface area (Å²) in [4.78, 5) is 13.3. The van der Waals surface area contributed by atoms with Gasteiger partial charge in [0, 0.05) is 20.5 Å². The molecule has 0 aliphatic heterocycles. The fraction of sp³-hybridized carbons (Fsp3) is 0.167. The van der Waals surface area contributed by atoms with E-state index >= 15 is 0 Å². The van der Waals surface area contributed by atoms with Crippen LogP contribution in [0.15, 0.2) is 42.5 Å². The number of ketones is 1. The third-order valence-electron chi connectivity index (χ3n) is 3.57. The lowest BCUT2D eigenvalue weighted by molar-refractivity contribution is 0.102. The first kappa shape index (κ1) is 16.8. The minimum atomic E-state index is 0.179. The molecule has 0 fully saturated rings. The van der Waals surface area contributed by atoms with E-state index in [1.165, 1.54) is 5.56 Å². The summed E-state index contributed by atoms with van der Waals surface area (Å²) in [5.41, 5.74) is 2.21. The summed E-state index contributed by atoms with van der Waals surface area (Å²) in [6.07, 6.45) is 0. The molecule has 118 valence electrons. The number of benzene rings is 2. The Bertz CT molecular complexity index is 853. The minimum Gasteiger partial charge on any atom is -0.292 e. The first-order valence-electron chi connectivity index (χ1n) is 7.08. The lowest BCUT2D eigenvalue weighted by Gasteiger charge is -2.02. The monoisotopic (exact) mass is 380 g/mol. The Labute approximate surface area is 153 Å². The predicted molar refractivity (Wildman–Crippen MR) is 104 cm³/mol. The second kappa shape index (κ2) is 7.27. The number of hydrogen-bond acceptors (Lipinski definition) is 3. The highest BCUT2D eigenvalue weighted by Crippen LogP contribution is 2.33. The maximum absolute atomic E-state index is 12.5. The van der Waals surface area contributed by atoms with Crippen molar-refractivity contribution in [2.75, 3.05) is 5.75 Å². The van der Waals surface area contributed by atoms with Gasteiger partial charge in [0.05, 0.1) is 10.6 Å². The van der Waals surface area contributed by atoms with Crippen LogP contribution >= 0.6 is 46.3 Å². The summed E-state index contributed by atoms with van der Waals surface area (Å²) in [5, 5.41) is 2.51. The van der Waals surface area contributed by atoms with Gasteiger partial charge in [0.1, 0.15) is 0 Å². The van der Waals surface area contributed by atoms with E-state index in [1.807, 2.05) is 49.4 Å². The largest absolute Gasteiger partial charge is 0.292 e. The van der Waals surface area contributed by atoms with E-state index in [9.17, 15) is 4.79 Å². The smallest absolute Gasteiger partial charge is 0.182 e. The van der Waals surface area contributed by atoms with Crippen LogP contribution in [0, 0.1) is 6.92 Å². The maximum atomic E-state index is 12.5. The van der Waals surface area contributed by atoms with E-state index in [4.69, 9.17) is 23.2 Å². The van der Waals surface area contributed by atoms with Crippen LogP contribution < -0.4 is 0 Å². The van der Waals surface area contributed by atoms with Crippen molar-refractivity contribution in [1.82, 2.24) is 0 Å². The topological polar surface area (TPSA) is 17.1 Å². The van der Waals surface area contributed by atoms with E-state index in [0.717, 1.165) is 31.3 Å². The molecule has 0 aliphatic carbocycles. The molecular weight excluding hydrogens is 367 g/mol. The number of aryl methyl sites for hydroxylation is 1. The summed E-state index contributed by atoms with van der Waals surface area (Å²) in [6.45, 7) is 1.99. The maximum Gasteiger partial charge on any atom is 0.182 e. The molecule has 23 heavy (non-hydrogen) atoms. The van der Waals surface area contributed by atoms with Gasteiger partial charge in [-0.1, -0.05) is 35.3 Å². The summed E-state index contributed by atoms with van der Waals surface area (Å²) in [6, 6.07) is 13.5. The Morgan fingerprint density at radius 1 is 1.09 bits per heavy atom. The molecule has 1 heterocycles. The number of fused-ring (bicyclic) bond motifs is 1. The highest BCUT2D eigenvalue weighted by molar-refractivity contribution is 7.99. The molecule has 0 atom stereocenters. The van der Waals surface area contributed by atoms with Gasteiger partial charge in [-0.3, -0.25) is 4.79 Å². The summed E-state index contributed by atoms with van der Waals surface area (Å²) >= 11 is 15.1. The van der Waals surface area contributed by atoms with Crippen LogP contribution in [-0.2, 0) is 5.75 Å². The third kappa shape index (κ3) is 3.92. The van der Waals surface area contributed by atoms with Crippen LogP contribution in [0.2, 0.25) is 10.0 Å². The van der Waals surface area contributed by atoms with Crippen molar-refractivity contribution in [1.29, 1.82) is 0 Å². The molecule has 0 unspecified atom stereocenters.